The lowest BCUT2D eigenvalue weighted by atomic mass is 10.0. The van der Waals surface area contributed by atoms with Crippen molar-refractivity contribution in [2.75, 3.05) is 28.0 Å². The maximum Gasteiger partial charge on any atom is 0.203 e. The summed E-state index contributed by atoms with van der Waals surface area (Å²) in [7, 11) is 4.59. The monoisotopic (exact) mass is 279 g/mol. The first-order valence-corrected chi connectivity index (χ1v) is 5.29. The summed E-state index contributed by atoms with van der Waals surface area (Å²) in [4.78, 5) is 0. The molecule has 0 bridgehead atoms. The van der Waals surface area contributed by atoms with Crippen LogP contribution in [0.3, 0.4) is 0 Å². The van der Waals surface area contributed by atoms with Gasteiger partial charge in [-0.1, -0.05) is 0 Å². The Morgan fingerprint density at radius 3 is 1.94 bits per heavy atom. The summed E-state index contributed by atoms with van der Waals surface area (Å²) in [5, 5.41) is 0. The Morgan fingerprint density at radius 1 is 1.11 bits per heavy atom. The first kappa shape index (κ1) is 16.8. The third-order valence-electron chi connectivity index (χ3n) is 2.54. The number of nitrogens with two attached hydrogens (primary N) is 1. The molecule has 0 spiro atoms. The van der Waals surface area contributed by atoms with Gasteiger partial charge in [0.1, 0.15) is 0 Å². The molecule has 104 valence electrons. The van der Waals surface area contributed by atoms with E-state index in [4.69, 9.17) is 19.9 Å². The third-order valence-corrected chi connectivity index (χ3v) is 2.54. The minimum atomic E-state index is -0.460. The molecule has 0 saturated carbocycles. The summed E-state index contributed by atoms with van der Waals surface area (Å²) in [5.74, 6) is 1.55. The highest BCUT2D eigenvalue weighted by Gasteiger charge is 2.16. The predicted octanol–water partition coefficient (Wildman–Crippen LogP) is 2.49. The maximum absolute atomic E-state index is 12.3. The van der Waals surface area contributed by atoms with Crippen LogP contribution in [-0.4, -0.2) is 28.0 Å². The van der Waals surface area contributed by atoms with Crippen LogP contribution in [0, 0.1) is 0 Å². The van der Waals surface area contributed by atoms with Crippen molar-refractivity contribution in [1.82, 2.24) is 0 Å². The van der Waals surface area contributed by atoms with Gasteiger partial charge in [0.05, 0.1) is 28.0 Å². The molecule has 0 unspecified atom stereocenters. The molecule has 1 rings (SSSR count). The summed E-state index contributed by atoms with van der Waals surface area (Å²) in [6.45, 7) is -0.460. The van der Waals surface area contributed by atoms with Crippen LogP contribution in [-0.2, 0) is 0 Å². The van der Waals surface area contributed by atoms with Gasteiger partial charge < -0.3 is 19.9 Å². The van der Waals surface area contributed by atoms with Crippen molar-refractivity contribution in [2.45, 2.75) is 12.5 Å². The van der Waals surface area contributed by atoms with E-state index in [9.17, 15) is 4.39 Å². The minimum absolute atomic E-state index is 0. The molecule has 0 aliphatic rings. The van der Waals surface area contributed by atoms with E-state index in [1.54, 1.807) is 12.1 Å². The number of methoxy groups -OCH3 is 3. The first-order valence-electron chi connectivity index (χ1n) is 5.29. The summed E-state index contributed by atoms with van der Waals surface area (Å²) in [6.07, 6.45) is 0.263. The Hall–Kier alpha value is -1.20. The second-order valence-corrected chi connectivity index (χ2v) is 3.54. The highest BCUT2D eigenvalue weighted by Crippen LogP contribution is 2.39. The van der Waals surface area contributed by atoms with Gasteiger partial charge in [0.2, 0.25) is 5.75 Å². The topological polar surface area (TPSA) is 53.7 Å². The molecule has 0 radical (unpaired) electrons. The molecule has 18 heavy (non-hydrogen) atoms. The van der Waals surface area contributed by atoms with Gasteiger partial charge in [-0.15, -0.1) is 12.4 Å². The second kappa shape index (κ2) is 8.00. The minimum Gasteiger partial charge on any atom is -0.493 e. The molecule has 4 nitrogen and oxygen atoms in total. The molecule has 0 heterocycles. The molecule has 1 aromatic carbocycles. The van der Waals surface area contributed by atoms with E-state index >= 15 is 0 Å². The third kappa shape index (κ3) is 3.65. The van der Waals surface area contributed by atoms with Crippen LogP contribution in [0.15, 0.2) is 12.1 Å². The molecule has 0 aliphatic heterocycles. The Morgan fingerprint density at radius 2 is 1.61 bits per heavy atom. The van der Waals surface area contributed by atoms with Crippen LogP contribution >= 0.6 is 12.4 Å². The van der Waals surface area contributed by atoms with Crippen LogP contribution < -0.4 is 19.9 Å². The van der Waals surface area contributed by atoms with Gasteiger partial charge in [-0.05, 0) is 24.1 Å². The fourth-order valence-corrected chi connectivity index (χ4v) is 1.60. The van der Waals surface area contributed by atoms with E-state index in [0.29, 0.717) is 17.2 Å². The van der Waals surface area contributed by atoms with Gasteiger partial charge in [-0.3, -0.25) is 4.39 Å². The molecule has 1 atom stereocenters. The van der Waals surface area contributed by atoms with E-state index in [1.165, 1.54) is 21.3 Å². The van der Waals surface area contributed by atoms with E-state index in [2.05, 4.69) is 0 Å². The molecular formula is C12H19ClFNO3. The smallest absolute Gasteiger partial charge is 0.203 e. The van der Waals surface area contributed by atoms with Gasteiger partial charge in [-0.25, -0.2) is 0 Å². The molecule has 0 saturated heterocycles. The van der Waals surface area contributed by atoms with Gasteiger partial charge in [0.25, 0.3) is 0 Å². The molecule has 0 aromatic heterocycles. The zero-order valence-corrected chi connectivity index (χ0v) is 11.6. The lowest BCUT2D eigenvalue weighted by Gasteiger charge is -2.16. The molecule has 0 amide bonds. The average Bonchev–Trinajstić information content (AvgIpc) is 2.37. The van der Waals surface area contributed by atoms with Gasteiger partial charge in [0.15, 0.2) is 11.5 Å². The second-order valence-electron chi connectivity index (χ2n) is 3.54. The van der Waals surface area contributed by atoms with Crippen molar-refractivity contribution in [3.8, 4) is 17.2 Å². The van der Waals surface area contributed by atoms with Gasteiger partial charge in [-0.2, -0.15) is 0 Å². The van der Waals surface area contributed by atoms with Crippen molar-refractivity contribution in [1.29, 1.82) is 0 Å². The highest BCUT2D eigenvalue weighted by molar-refractivity contribution is 5.85. The number of benzene rings is 1. The fraction of sp³-hybridized carbons (Fsp3) is 0.500. The predicted molar refractivity (Wildman–Crippen MR) is 70.9 cm³/mol. The van der Waals surface area contributed by atoms with Crippen LogP contribution in [0.2, 0.25) is 0 Å². The largest absolute Gasteiger partial charge is 0.493 e. The van der Waals surface area contributed by atoms with E-state index in [1.807, 2.05) is 0 Å². The van der Waals surface area contributed by atoms with Crippen molar-refractivity contribution in [3.63, 3.8) is 0 Å². The average molecular weight is 280 g/mol. The normalized spacial score (nSPS) is 11.4. The molecule has 1 aromatic rings. The molecule has 2 N–H and O–H groups in total. The maximum atomic E-state index is 12.3. The quantitative estimate of drug-likeness (QED) is 0.869. The number of hydrogen-bond acceptors (Lipinski definition) is 4. The van der Waals surface area contributed by atoms with E-state index in [-0.39, 0.29) is 24.9 Å². The van der Waals surface area contributed by atoms with Crippen LogP contribution in [0.4, 0.5) is 4.39 Å². The standard InChI is InChI=1S/C12H18FNO3.ClH/c1-15-10-6-8(9(14)4-5-13)7-11(16-2)12(10)17-3;/h6-7,9H,4-5,14H2,1-3H3;1H/t9-;/m1./s1. The van der Waals surface area contributed by atoms with Crippen LogP contribution in [0.25, 0.3) is 0 Å². The van der Waals surface area contributed by atoms with Crippen molar-refractivity contribution in [3.05, 3.63) is 17.7 Å². The number of halogens is 2. The zero-order valence-electron chi connectivity index (χ0n) is 10.7. The summed E-state index contributed by atoms with van der Waals surface area (Å²) >= 11 is 0. The van der Waals surface area contributed by atoms with E-state index in [0.717, 1.165) is 5.56 Å². The first-order chi connectivity index (χ1) is 8.17. The number of alkyl halides is 1. The fourth-order valence-electron chi connectivity index (χ4n) is 1.60. The summed E-state index contributed by atoms with van der Waals surface area (Å²) in [6, 6.07) is 3.09. The molecule has 0 fully saturated rings. The number of hydrogen-bond donors (Lipinski definition) is 1. The molecule has 6 heteroatoms. The highest BCUT2D eigenvalue weighted by atomic mass is 35.5. The molecule has 0 aliphatic carbocycles. The van der Waals surface area contributed by atoms with Gasteiger partial charge in [0, 0.05) is 6.04 Å². The molecular weight excluding hydrogens is 261 g/mol. The van der Waals surface area contributed by atoms with Crippen molar-refractivity contribution in [2.24, 2.45) is 5.73 Å². The van der Waals surface area contributed by atoms with Crippen molar-refractivity contribution < 1.29 is 18.6 Å². The lowest BCUT2D eigenvalue weighted by molar-refractivity contribution is 0.323. The lowest BCUT2D eigenvalue weighted by Crippen LogP contribution is -2.11. The number of ether oxygens (including phenoxy) is 3. The Balaban J connectivity index is 0.00000289. The number of rotatable bonds is 6. The Kier molecular flexibility index (Phi) is 7.47. The van der Waals surface area contributed by atoms with Crippen LogP contribution in [0.1, 0.15) is 18.0 Å². The zero-order chi connectivity index (χ0) is 12.8. The Bertz CT molecular complexity index is 351. The summed E-state index contributed by atoms with van der Waals surface area (Å²) < 4.78 is 27.8. The summed E-state index contributed by atoms with van der Waals surface area (Å²) in [5.41, 5.74) is 6.61. The van der Waals surface area contributed by atoms with E-state index < -0.39 is 6.67 Å². The van der Waals surface area contributed by atoms with Crippen molar-refractivity contribution >= 4 is 12.4 Å². The van der Waals surface area contributed by atoms with Crippen LogP contribution in [0.5, 0.6) is 17.2 Å². The Labute approximate surface area is 113 Å². The van der Waals surface area contributed by atoms with Gasteiger partial charge >= 0.3 is 0 Å². The SMILES string of the molecule is COc1cc([C@H](N)CCF)cc(OC)c1OC.Cl.